The van der Waals surface area contributed by atoms with Crippen molar-refractivity contribution in [3.8, 4) is 0 Å². The number of hydrogen-bond acceptors (Lipinski definition) is 4. The molecule has 0 aliphatic carbocycles. The summed E-state index contributed by atoms with van der Waals surface area (Å²) in [6, 6.07) is 0. The molecule has 0 saturated carbocycles. The molecule has 0 heterocycles. The van der Waals surface area contributed by atoms with Gasteiger partial charge >= 0.3 is 5.97 Å². The van der Waals surface area contributed by atoms with Gasteiger partial charge in [0.15, 0.2) is 0 Å². The first-order valence-corrected chi connectivity index (χ1v) is 17.6. The molecule has 0 aromatic carbocycles. The van der Waals surface area contributed by atoms with Crippen molar-refractivity contribution in [3.63, 3.8) is 0 Å². The molecule has 0 aromatic heterocycles. The lowest BCUT2D eigenvalue weighted by Crippen LogP contribution is -2.27. The fourth-order valence-corrected chi connectivity index (χ4v) is 5.27. The summed E-state index contributed by atoms with van der Waals surface area (Å²) in [5, 5.41) is 9.53. The molecule has 0 amide bonds. The van der Waals surface area contributed by atoms with E-state index in [0.717, 1.165) is 19.3 Å². The summed E-state index contributed by atoms with van der Waals surface area (Å²) in [6.07, 6.45) is 35.6. The molecular weight excluding hydrogens is 484 g/mol. The molecule has 0 saturated heterocycles. The van der Waals surface area contributed by atoms with E-state index in [9.17, 15) is 9.90 Å². The van der Waals surface area contributed by atoms with E-state index in [1.54, 1.807) is 0 Å². The number of hydrogen-bond donors (Lipinski definition) is 1. The van der Waals surface area contributed by atoms with Gasteiger partial charge in [-0.15, -0.1) is 0 Å². The Morgan fingerprint density at radius 3 is 1.21 bits per heavy atom. The zero-order valence-electron chi connectivity index (χ0n) is 26.7. The smallest absolute Gasteiger partial charge is 0.306 e. The quantitative estimate of drug-likeness (QED) is 0.0647. The van der Waals surface area contributed by atoms with Gasteiger partial charge in [-0.2, -0.15) is 0 Å². The van der Waals surface area contributed by atoms with Crippen LogP contribution in [-0.2, 0) is 14.3 Å². The molecule has 234 valence electrons. The van der Waals surface area contributed by atoms with Crippen LogP contribution in [0.5, 0.6) is 0 Å². The normalized spacial score (nSPS) is 12.2. The van der Waals surface area contributed by atoms with E-state index in [4.69, 9.17) is 9.47 Å². The van der Waals surface area contributed by atoms with Gasteiger partial charge < -0.3 is 14.6 Å². The second kappa shape index (κ2) is 33.6. The predicted octanol–water partition coefficient (Wildman–Crippen LogP) is 10.9. The molecular formula is C35H70O4. The van der Waals surface area contributed by atoms with Crippen molar-refractivity contribution in [2.24, 2.45) is 0 Å². The lowest BCUT2D eigenvalue weighted by Gasteiger charge is -2.16. The number of carbonyl (C=O) groups is 1. The van der Waals surface area contributed by atoms with Crippen LogP contribution >= 0.6 is 0 Å². The van der Waals surface area contributed by atoms with Crippen LogP contribution in [0.2, 0.25) is 0 Å². The summed E-state index contributed by atoms with van der Waals surface area (Å²) < 4.78 is 11.1. The van der Waals surface area contributed by atoms with Crippen molar-refractivity contribution in [2.45, 2.75) is 200 Å². The minimum Gasteiger partial charge on any atom is -0.457 e. The Balaban J connectivity index is 3.39. The van der Waals surface area contributed by atoms with E-state index in [2.05, 4.69) is 13.8 Å². The van der Waals surface area contributed by atoms with Crippen LogP contribution in [0.25, 0.3) is 0 Å². The molecule has 1 atom stereocenters. The lowest BCUT2D eigenvalue weighted by atomic mass is 10.0. The average molecular weight is 555 g/mol. The molecule has 0 aromatic rings. The summed E-state index contributed by atoms with van der Waals surface area (Å²) in [4.78, 5) is 12.1. The maximum Gasteiger partial charge on any atom is 0.306 e. The molecule has 0 fully saturated rings. The van der Waals surface area contributed by atoms with E-state index in [1.165, 1.54) is 154 Å². The van der Waals surface area contributed by atoms with Gasteiger partial charge in [-0.05, 0) is 12.8 Å². The summed E-state index contributed by atoms with van der Waals surface area (Å²) in [5.41, 5.74) is 0. The molecule has 1 N–H and O–H groups in total. The fourth-order valence-electron chi connectivity index (χ4n) is 5.27. The van der Waals surface area contributed by atoms with Crippen LogP contribution in [0, 0.1) is 0 Å². The van der Waals surface area contributed by atoms with Crippen molar-refractivity contribution in [3.05, 3.63) is 0 Å². The van der Waals surface area contributed by atoms with Crippen LogP contribution in [0.15, 0.2) is 0 Å². The first-order chi connectivity index (χ1) is 19.2. The van der Waals surface area contributed by atoms with Gasteiger partial charge in [0.25, 0.3) is 0 Å². The second-order valence-corrected chi connectivity index (χ2v) is 12.0. The first kappa shape index (κ1) is 38.4. The molecule has 0 unspecified atom stereocenters. The Kier molecular flexibility index (Phi) is 33.1. The first-order valence-electron chi connectivity index (χ1n) is 17.6. The van der Waals surface area contributed by atoms with Crippen LogP contribution in [0.3, 0.4) is 0 Å². The molecule has 4 nitrogen and oxygen atoms in total. The molecule has 0 spiro atoms. The van der Waals surface area contributed by atoms with Crippen molar-refractivity contribution in [1.82, 2.24) is 0 Å². The Hall–Kier alpha value is -0.610. The van der Waals surface area contributed by atoms with Crippen LogP contribution < -0.4 is 0 Å². The van der Waals surface area contributed by atoms with Gasteiger partial charge in [0.2, 0.25) is 0 Å². The number of aliphatic hydroxyl groups is 1. The van der Waals surface area contributed by atoms with Crippen molar-refractivity contribution in [2.75, 3.05) is 19.8 Å². The number of rotatable bonds is 33. The van der Waals surface area contributed by atoms with E-state index in [0.29, 0.717) is 19.6 Å². The Morgan fingerprint density at radius 2 is 0.846 bits per heavy atom. The number of carbonyl (C=O) groups excluding carboxylic acids is 1. The van der Waals surface area contributed by atoms with Crippen LogP contribution in [0.4, 0.5) is 0 Å². The molecule has 0 rings (SSSR count). The Bertz CT molecular complexity index is 468. The molecule has 39 heavy (non-hydrogen) atoms. The monoisotopic (exact) mass is 555 g/mol. The molecule has 0 aliphatic heterocycles. The largest absolute Gasteiger partial charge is 0.457 e. The van der Waals surface area contributed by atoms with E-state index in [-0.39, 0.29) is 12.6 Å². The van der Waals surface area contributed by atoms with Gasteiger partial charge in [0.1, 0.15) is 6.10 Å². The lowest BCUT2D eigenvalue weighted by molar-refractivity contribution is -0.154. The number of ether oxygens (including phenoxy) is 2. The van der Waals surface area contributed by atoms with E-state index in [1.807, 2.05) is 0 Å². The predicted molar refractivity (Wildman–Crippen MR) is 168 cm³/mol. The highest BCUT2D eigenvalue weighted by Gasteiger charge is 2.13. The second-order valence-electron chi connectivity index (χ2n) is 12.0. The van der Waals surface area contributed by atoms with Gasteiger partial charge in [-0.3, -0.25) is 4.79 Å². The SMILES string of the molecule is CCCCCCCCCCCCCCCCOC[C@H](CO)OC(=O)CCCCCCCCCCCCCCC. The summed E-state index contributed by atoms with van der Waals surface area (Å²) in [7, 11) is 0. The third kappa shape index (κ3) is 31.8. The standard InChI is InChI=1S/C35H70O4/c1-3-5-7-9-11-13-15-17-19-21-23-25-27-29-31-38-33-34(32-36)39-35(37)30-28-26-24-22-20-18-16-14-12-10-8-6-4-2/h34,36H,3-33H2,1-2H3/t34-/m0/s1. The highest BCUT2D eigenvalue weighted by Crippen LogP contribution is 2.14. The van der Waals surface area contributed by atoms with Crippen molar-refractivity contribution in [1.29, 1.82) is 0 Å². The summed E-state index contributed by atoms with van der Waals surface area (Å²) >= 11 is 0. The van der Waals surface area contributed by atoms with E-state index < -0.39 is 6.10 Å². The molecule has 4 heteroatoms. The van der Waals surface area contributed by atoms with Gasteiger partial charge in [0, 0.05) is 13.0 Å². The average Bonchev–Trinajstić information content (AvgIpc) is 2.94. The molecule has 0 radical (unpaired) electrons. The fraction of sp³-hybridized carbons (Fsp3) is 0.971. The zero-order valence-corrected chi connectivity index (χ0v) is 26.7. The Morgan fingerprint density at radius 1 is 0.513 bits per heavy atom. The van der Waals surface area contributed by atoms with E-state index >= 15 is 0 Å². The summed E-state index contributed by atoms with van der Waals surface area (Å²) in [5.74, 6) is -0.197. The zero-order chi connectivity index (χ0) is 28.5. The highest BCUT2D eigenvalue weighted by molar-refractivity contribution is 5.69. The van der Waals surface area contributed by atoms with Crippen LogP contribution in [-0.4, -0.2) is 37.0 Å². The minimum atomic E-state index is -0.522. The van der Waals surface area contributed by atoms with Crippen molar-refractivity contribution >= 4 is 5.97 Å². The summed E-state index contributed by atoms with van der Waals surface area (Å²) in [6.45, 7) is 5.38. The third-order valence-electron chi connectivity index (χ3n) is 7.93. The molecule has 0 aliphatic rings. The van der Waals surface area contributed by atoms with Gasteiger partial charge in [-0.1, -0.05) is 174 Å². The molecule has 0 bridgehead atoms. The minimum absolute atomic E-state index is 0.164. The van der Waals surface area contributed by atoms with Crippen LogP contribution in [0.1, 0.15) is 194 Å². The number of esters is 1. The highest BCUT2D eigenvalue weighted by atomic mass is 16.6. The maximum absolute atomic E-state index is 12.1. The Labute approximate surface area is 244 Å². The third-order valence-corrected chi connectivity index (χ3v) is 7.93. The number of unbranched alkanes of at least 4 members (excludes halogenated alkanes) is 25. The van der Waals surface area contributed by atoms with Gasteiger partial charge in [0.05, 0.1) is 13.2 Å². The number of aliphatic hydroxyl groups excluding tert-OH is 1. The maximum atomic E-state index is 12.1. The van der Waals surface area contributed by atoms with Gasteiger partial charge in [-0.25, -0.2) is 0 Å². The topological polar surface area (TPSA) is 55.8 Å². The van der Waals surface area contributed by atoms with Crippen molar-refractivity contribution < 1.29 is 19.4 Å².